The maximum atomic E-state index is 13.2. The van der Waals surface area contributed by atoms with Gasteiger partial charge >= 0.3 is 0 Å². The Morgan fingerprint density at radius 2 is 1.59 bits per heavy atom. The van der Waals surface area contributed by atoms with Crippen LogP contribution in [0.5, 0.6) is 0 Å². The van der Waals surface area contributed by atoms with Gasteiger partial charge in [-0.25, -0.2) is 0 Å². The topological polar surface area (TPSA) is 65.1 Å². The molecule has 2 N–H and O–H groups in total. The molecule has 0 unspecified atom stereocenters. The molecule has 32 heavy (non-hydrogen) atoms. The van der Waals surface area contributed by atoms with Gasteiger partial charge in [0.2, 0.25) is 5.91 Å². The van der Waals surface area contributed by atoms with Crippen molar-refractivity contribution >= 4 is 45.1 Å². The van der Waals surface area contributed by atoms with Crippen molar-refractivity contribution < 1.29 is 9.59 Å². The highest BCUT2D eigenvalue weighted by Crippen LogP contribution is 2.36. The van der Waals surface area contributed by atoms with Crippen LogP contribution in [-0.4, -0.2) is 16.3 Å². The molecule has 0 saturated carbocycles. The summed E-state index contributed by atoms with van der Waals surface area (Å²) in [5.74, 6) is -0.555. The smallest absolute Gasteiger partial charge is 0.249 e. The summed E-state index contributed by atoms with van der Waals surface area (Å²) in [6, 6.07) is 28.9. The van der Waals surface area contributed by atoms with Gasteiger partial charge in [0, 0.05) is 34.0 Å². The standard InChI is InChI=1S/C27H18ClN2O2/c28-22-14-6-12-20-24-21(27(29)32)13-7-15-23(24)30(25(20)22)16-18-10-4-5-11-19(18)26(31)17-8-2-1-3-9-17/h1-11,13-15H,16H2,(H2,29,32). The molecule has 1 heterocycles. The molecule has 5 rings (SSSR count). The molecule has 1 aromatic heterocycles. The van der Waals surface area contributed by atoms with E-state index < -0.39 is 5.91 Å². The second kappa shape index (κ2) is 7.98. The highest BCUT2D eigenvalue weighted by Gasteiger charge is 2.20. The van der Waals surface area contributed by atoms with Crippen LogP contribution in [0.4, 0.5) is 0 Å². The third-order valence-electron chi connectivity index (χ3n) is 5.67. The predicted octanol–water partition coefficient (Wildman–Crippen LogP) is 5.63. The van der Waals surface area contributed by atoms with E-state index in [2.05, 4.69) is 6.07 Å². The summed E-state index contributed by atoms with van der Waals surface area (Å²) < 4.78 is 2.02. The first-order valence-corrected chi connectivity index (χ1v) is 10.5. The number of carbonyl (C=O) groups excluding carboxylic acids is 2. The number of hydrogen-bond donors (Lipinski definition) is 1. The van der Waals surface area contributed by atoms with Crippen LogP contribution in [-0.2, 0) is 6.54 Å². The third kappa shape index (κ3) is 3.26. The summed E-state index contributed by atoms with van der Waals surface area (Å²) in [5.41, 5.74) is 9.73. The molecule has 155 valence electrons. The maximum absolute atomic E-state index is 13.2. The average Bonchev–Trinajstić information content (AvgIpc) is 3.14. The summed E-state index contributed by atoms with van der Waals surface area (Å²) >= 11 is 6.61. The SMILES string of the molecule is NC(=O)c1cccc2c1c1[c]ccc(Cl)c1n2Cc1ccccc1C(=O)c1ccccc1. The first-order valence-electron chi connectivity index (χ1n) is 10.1. The first-order chi connectivity index (χ1) is 15.6. The molecule has 1 amide bonds. The van der Waals surface area contributed by atoms with Crippen molar-refractivity contribution in [3.8, 4) is 0 Å². The number of rotatable bonds is 5. The van der Waals surface area contributed by atoms with Gasteiger partial charge in [-0.2, -0.15) is 0 Å². The molecule has 0 aliphatic carbocycles. The van der Waals surface area contributed by atoms with E-state index in [1.54, 1.807) is 24.3 Å². The fraction of sp³-hybridized carbons (Fsp3) is 0.0370. The highest BCUT2D eigenvalue weighted by molar-refractivity contribution is 6.36. The molecular formula is C27H18ClN2O2. The normalized spacial score (nSPS) is 11.2. The maximum Gasteiger partial charge on any atom is 0.249 e. The number of ketones is 1. The van der Waals surface area contributed by atoms with Crippen LogP contribution in [0.25, 0.3) is 21.8 Å². The first kappa shape index (κ1) is 20.0. The van der Waals surface area contributed by atoms with E-state index in [-0.39, 0.29) is 5.78 Å². The van der Waals surface area contributed by atoms with Crippen molar-refractivity contribution in [3.05, 3.63) is 118 Å². The quantitative estimate of drug-likeness (QED) is 0.362. The molecule has 0 aliphatic rings. The number of carbonyl (C=O) groups is 2. The third-order valence-corrected chi connectivity index (χ3v) is 5.97. The van der Waals surface area contributed by atoms with Gasteiger partial charge in [-0.05, 0) is 29.8 Å². The number of hydrogen-bond acceptors (Lipinski definition) is 2. The van der Waals surface area contributed by atoms with Crippen molar-refractivity contribution in [3.63, 3.8) is 0 Å². The second-order valence-electron chi connectivity index (χ2n) is 7.55. The van der Waals surface area contributed by atoms with Gasteiger partial charge in [0.15, 0.2) is 5.78 Å². The van der Waals surface area contributed by atoms with E-state index in [0.717, 1.165) is 22.0 Å². The lowest BCUT2D eigenvalue weighted by Gasteiger charge is -2.13. The van der Waals surface area contributed by atoms with E-state index in [9.17, 15) is 9.59 Å². The summed E-state index contributed by atoms with van der Waals surface area (Å²) in [6.07, 6.45) is 0. The molecular weight excluding hydrogens is 420 g/mol. The Balaban J connectivity index is 1.74. The number of amides is 1. The Morgan fingerprint density at radius 3 is 2.38 bits per heavy atom. The Morgan fingerprint density at radius 1 is 0.875 bits per heavy atom. The van der Waals surface area contributed by atoms with Crippen LogP contribution in [0, 0.1) is 6.07 Å². The lowest BCUT2D eigenvalue weighted by molar-refractivity contribution is 0.1000. The lowest BCUT2D eigenvalue weighted by atomic mass is 9.98. The molecule has 5 heteroatoms. The lowest BCUT2D eigenvalue weighted by Crippen LogP contribution is -2.11. The van der Waals surface area contributed by atoms with Gasteiger partial charge in [-0.15, -0.1) is 0 Å². The predicted molar refractivity (Wildman–Crippen MR) is 127 cm³/mol. The zero-order valence-corrected chi connectivity index (χ0v) is 17.8. The van der Waals surface area contributed by atoms with Crippen molar-refractivity contribution in [2.75, 3.05) is 0 Å². The van der Waals surface area contributed by atoms with Gasteiger partial charge < -0.3 is 10.3 Å². The number of fused-ring (bicyclic) bond motifs is 3. The van der Waals surface area contributed by atoms with Crippen LogP contribution in [0.1, 0.15) is 31.8 Å². The number of aromatic nitrogens is 1. The molecule has 4 nitrogen and oxygen atoms in total. The Labute approximate surface area is 189 Å². The Bertz CT molecular complexity index is 1500. The molecule has 0 bridgehead atoms. The second-order valence-corrected chi connectivity index (χ2v) is 7.96. The zero-order valence-electron chi connectivity index (χ0n) is 17.0. The Kier molecular flexibility index (Phi) is 5.00. The monoisotopic (exact) mass is 437 g/mol. The average molecular weight is 438 g/mol. The number of halogens is 1. The molecule has 5 aromatic rings. The van der Waals surface area contributed by atoms with Crippen LogP contribution >= 0.6 is 11.6 Å². The van der Waals surface area contributed by atoms with Crippen LogP contribution < -0.4 is 5.73 Å². The van der Waals surface area contributed by atoms with E-state index in [0.29, 0.717) is 33.6 Å². The molecule has 0 spiro atoms. The summed E-state index contributed by atoms with van der Waals surface area (Å²) in [7, 11) is 0. The van der Waals surface area contributed by atoms with Crippen LogP contribution in [0.3, 0.4) is 0 Å². The van der Waals surface area contributed by atoms with Crippen molar-refractivity contribution in [1.29, 1.82) is 0 Å². The molecule has 0 saturated heterocycles. The number of primary amides is 1. The minimum absolute atomic E-state index is 0.0440. The zero-order chi connectivity index (χ0) is 22.2. The van der Waals surface area contributed by atoms with Gasteiger partial charge in [0.05, 0.1) is 16.1 Å². The van der Waals surface area contributed by atoms with Gasteiger partial charge in [-0.1, -0.05) is 78.3 Å². The van der Waals surface area contributed by atoms with Crippen molar-refractivity contribution in [1.82, 2.24) is 4.57 Å². The van der Waals surface area contributed by atoms with Crippen LogP contribution in [0.2, 0.25) is 5.02 Å². The van der Waals surface area contributed by atoms with Gasteiger partial charge in [0.1, 0.15) is 0 Å². The Hall–Kier alpha value is -3.89. The fourth-order valence-corrected chi connectivity index (χ4v) is 4.49. The number of nitrogens with two attached hydrogens (primary N) is 1. The highest BCUT2D eigenvalue weighted by atomic mass is 35.5. The van der Waals surface area contributed by atoms with Crippen LogP contribution in [0.15, 0.2) is 84.9 Å². The molecule has 4 aromatic carbocycles. The van der Waals surface area contributed by atoms with Crippen molar-refractivity contribution in [2.24, 2.45) is 5.73 Å². The number of nitrogens with zero attached hydrogens (tertiary/aromatic N) is 1. The van der Waals surface area contributed by atoms with Crippen molar-refractivity contribution in [2.45, 2.75) is 6.54 Å². The molecule has 0 fully saturated rings. The number of benzene rings is 4. The summed E-state index contributed by atoms with van der Waals surface area (Å²) in [5, 5.41) is 1.98. The molecule has 0 aliphatic heterocycles. The van der Waals surface area contributed by atoms with E-state index in [1.165, 1.54) is 0 Å². The van der Waals surface area contributed by atoms with Gasteiger partial charge in [0.25, 0.3) is 0 Å². The molecule has 1 radical (unpaired) electrons. The minimum atomic E-state index is -0.511. The van der Waals surface area contributed by atoms with E-state index >= 15 is 0 Å². The summed E-state index contributed by atoms with van der Waals surface area (Å²) in [4.78, 5) is 25.4. The largest absolute Gasteiger partial charge is 0.366 e. The summed E-state index contributed by atoms with van der Waals surface area (Å²) in [6.45, 7) is 0.397. The van der Waals surface area contributed by atoms with E-state index in [4.69, 9.17) is 17.3 Å². The van der Waals surface area contributed by atoms with E-state index in [1.807, 2.05) is 65.2 Å². The van der Waals surface area contributed by atoms with Gasteiger partial charge in [-0.3, -0.25) is 9.59 Å². The minimum Gasteiger partial charge on any atom is -0.366 e. The molecule has 0 atom stereocenters. The fourth-order valence-electron chi connectivity index (χ4n) is 4.23.